The zero-order chi connectivity index (χ0) is 17.4. The van der Waals surface area contributed by atoms with Crippen LogP contribution in [0.25, 0.3) is 0 Å². The second-order valence-electron chi connectivity index (χ2n) is 6.04. The summed E-state index contributed by atoms with van der Waals surface area (Å²) in [7, 11) is 4.11. The first-order valence-electron chi connectivity index (χ1n) is 8.43. The lowest BCUT2D eigenvalue weighted by molar-refractivity contribution is 0.427. The molecule has 0 saturated heterocycles. The number of hydrogen-bond donors (Lipinski definition) is 1. The predicted molar refractivity (Wildman–Crippen MR) is 108 cm³/mol. The lowest BCUT2D eigenvalue weighted by atomic mass is 10.1. The summed E-state index contributed by atoms with van der Waals surface area (Å²) >= 11 is 5.56. The number of thiocarbonyl (C=S) groups is 1. The third kappa shape index (κ3) is 5.53. The minimum Gasteiger partial charge on any atom is -0.378 e. The summed E-state index contributed by atoms with van der Waals surface area (Å²) in [5.41, 5.74) is 3.81. The number of nitrogens with one attached hydrogen (secondary N) is 1. The van der Waals surface area contributed by atoms with E-state index in [1.165, 1.54) is 16.8 Å². The van der Waals surface area contributed by atoms with Gasteiger partial charge < -0.3 is 15.1 Å². The quantitative estimate of drug-likeness (QED) is 0.774. The molecule has 0 aromatic heterocycles. The van der Waals surface area contributed by atoms with E-state index in [9.17, 15) is 0 Å². The molecule has 0 atom stereocenters. The third-order valence-corrected chi connectivity index (χ3v) is 4.43. The van der Waals surface area contributed by atoms with Crippen LogP contribution in [0.2, 0.25) is 0 Å². The molecule has 0 saturated carbocycles. The predicted octanol–water partition coefficient (Wildman–Crippen LogP) is 3.69. The normalized spacial score (nSPS) is 10.3. The Balaban J connectivity index is 1.84. The maximum atomic E-state index is 5.56. The number of rotatable bonds is 7. The third-order valence-electron chi connectivity index (χ3n) is 4.03. The average Bonchev–Trinajstić information content (AvgIpc) is 2.60. The van der Waals surface area contributed by atoms with Crippen LogP contribution in [0.15, 0.2) is 54.6 Å². The average molecular weight is 342 g/mol. The van der Waals surface area contributed by atoms with Gasteiger partial charge in [-0.05, 0) is 48.8 Å². The molecule has 2 aromatic carbocycles. The van der Waals surface area contributed by atoms with Gasteiger partial charge in [0.05, 0.1) is 0 Å². The van der Waals surface area contributed by atoms with E-state index in [2.05, 4.69) is 84.7 Å². The van der Waals surface area contributed by atoms with Crippen LogP contribution >= 0.6 is 12.2 Å². The van der Waals surface area contributed by atoms with Gasteiger partial charge >= 0.3 is 0 Å². The molecule has 0 aliphatic heterocycles. The monoisotopic (exact) mass is 341 g/mol. The number of nitrogens with zero attached hydrogens (tertiary/aromatic N) is 2. The van der Waals surface area contributed by atoms with Crippen LogP contribution in [0.1, 0.15) is 18.1 Å². The summed E-state index contributed by atoms with van der Waals surface area (Å²) in [4.78, 5) is 4.31. The van der Waals surface area contributed by atoms with Gasteiger partial charge in [-0.3, -0.25) is 0 Å². The lowest BCUT2D eigenvalue weighted by Crippen LogP contribution is -2.40. The lowest BCUT2D eigenvalue weighted by Gasteiger charge is -2.25. The van der Waals surface area contributed by atoms with Crippen molar-refractivity contribution >= 4 is 23.0 Å². The van der Waals surface area contributed by atoms with E-state index >= 15 is 0 Å². The Morgan fingerprint density at radius 3 is 2.21 bits per heavy atom. The van der Waals surface area contributed by atoms with Gasteiger partial charge in [-0.15, -0.1) is 0 Å². The van der Waals surface area contributed by atoms with E-state index in [0.29, 0.717) is 0 Å². The molecular formula is C20H27N3S. The molecule has 3 nitrogen and oxygen atoms in total. The smallest absolute Gasteiger partial charge is 0.169 e. The first-order chi connectivity index (χ1) is 11.6. The Labute approximate surface area is 151 Å². The maximum Gasteiger partial charge on any atom is 0.169 e. The number of anilines is 1. The van der Waals surface area contributed by atoms with Crippen molar-refractivity contribution in [2.45, 2.75) is 19.9 Å². The molecule has 0 spiro atoms. The van der Waals surface area contributed by atoms with Crippen molar-refractivity contribution in [1.29, 1.82) is 0 Å². The van der Waals surface area contributed by atoms with Crippen molar-refractivity contribution in [3.05, 3.63) is 65.7 Å². The van der Waals surface area contributed by atoms with Gasteiger partial charge in [0.15, 0.2) is 5.11 Å². The second kappa shape index (κ2) is 9.28. The van der Waals surface area contributed by atoms with Gasteiger partial charge in [0, 0.05) is 39.4 Å². The van der Waals surface area contributed by atoms with Gasteiger partial charge in [-0.1, -0.05) is 42.5 Å². The van der Waals surface area contributed by atoms with Crippen LogP contribution in [0.3, 0.4) is 0 Å². The molecule has 1 N–H and O–H groups in total. The van der Waals surface area contributed by atoms with Gasteiger partial charge in [-0.25, -0.2) is 0 Å². The number of benzene rings is 2. The number of hydrogen-bond acceptors (Lipinski definition) is 2. The van der Waals surface area contributed by atoms with Crippen molar-refractivity contribution in [1.82, 2.24) is 10.2 Å². The minimum atomic E-state index is 0.824. The Kier molecular flexibility index (Phi) is 7.07. The highest BCUT2D eigenvalue weighted by Gasteiger charge is 2.08. The fraction of sp³-hybridized carbons (Fsp3) is 0.350. The van der Waals surface area contributed by atoms with Crippen molar-refractivity contribution in [3.8, 4) is 0 Å². The summed E-state index contributed by atoms with van der Waals surface area (Å²) in [5.74, 6) is 0. The Morgan fingerprint density at radius 1 is 0.958 bits per heavy atom. The highest BCUT2D eigenvalue weighted by molar-refractivity contribution is 7.80. The first-order valence-corrected chi connectivity index (χ1v) is 8.84. The van der Waals surface area contributed by atoms with E-state index in [-0.39, 0.29) is 0 Å². The maximum absolute atomic E-state index is 5.56. The van der Waals surface area contributed by atoms with E-state index in [4.69, 9.17) is 12.2 Å². The minimum absolute atomic E-state index is 0.824. The van der Waals surface area contributed by atoms with E-state index in [1.807, 2.05) is 6.07 Å². The molecule has 0 aliphatic carbocycles. The summed E-state index contributed by atoms with van der Waals surface area (Å²) in [5, 5.41) is 4.21. The van der Waals surface area contributed by atoms with E-state index in [1.54, 1.807) is 0 Å². The summed E-state index contributed by atoms with van der Waals surface area (Å²) < 4.78 is 0. The Bertz CT molecular complexity index is 623. The van der Waals surface area contributed by atoms with Gasteiger partial charge in [0.2, 0.25) is 0 Å². The highest BCUT2D eigenvalue weighted by Crippen LogP contribution is 2.13. The fourth-order valence-electron chi connectivity index (χ4n) is 2.52. The largest absolute Gasteiger partial charge is 0.378 e. The Morgan fingerprint density at radius 2 is 1.62 bits per heavy atom. The van der Waals surface area contributed by atoms with Crippen molar-refractivity contribution in [2.75, 3.05) is 32.1 Å². The molecule has 2 aromatic rings. The fourth-order valence-corrected chi connectivity index (χ4v) is 2.81. The molecule has 0 amide bonds. The Hall–Kier alpha value is -2.07. The van der Waals surface area contributed by atoms with E-state index in [0.717, 1.165) is 31.2 Å². The topological polar surface area (TPSA) is 18.5 Å². The molecule has 24 heavy (non-hydrogen) atoms. The molecule has 0 radical (unpaired) electrons. The molecule has 4 heteroatoms. The summed E-state index contributed by atoms with van der Waals surface area (Å²) in [6.07, 6.45) is 0.982. The zero-order valence-electron chi connectivity index (χ0n) is 14.8. The van der Waals surface area contributed by atoms with Crippen LogP contribution < -0.4 is 10.2 Å². The molecule has 0 heterocycles. The molecule has 0 fully saturated rings. The van der Waals surface area contributed by atoms with Crippen molar-refractivity contribution < 1.29 is 0 Å². The summed E-state index contributed by atoms with van der Waals surface area (Å²) in [6, 6.07) is 19.1. The first kappa shape index (κ1) is 18.3. The molecule has 2 rings (SSSR count). The molecular weight excluding hydrogens is 314 g/mol. The second-order valence-corrected chi connectivity index (χ2v) is 6.43. The SMILES string of the molecule is CCN(Cc1ccc(N(C)C)cc1)C(=S)NCCc1ccccc1. The van der Waals surface area contributed by atoms with Crippen LogP contribution in [-0.2, 0) is 13.0 Å². The van der Waals surface area contributed by atoms with Gasteiger partial charge in [0.1, 0.15) is 0 Å². The zero-order valence-corrected chi connectivity index (χ0v) is 15.6. The molecule has 0 bridgehead atoms. The summed E-state index contributed by atoms with van der Waals surface area (Å²) in [6.45, 7) is 4.73. The van der Waals surface area contributed by atoms with Crippen LogP contribution in [-0.4, -0.2) is 37.2 Å². The van der Waals surface area contributed by atoms with Crippen LogP contribution in [0.4, 0.5) is 5.69 Å². The van der Waals surface area contributed by atoms with Gasteiger partial charge in [0.25, 0.3) is 0 Å². The van der Waals surface area contributed by atoms with Crippen LogP contribution in [0.5, 0.6) is 0 Å². The van der Waals surface area contributed by atoms with Crippen molar-refractivity contribution in [3.63, 3.8) is 0 Å². The van der Waals surface area contributed by atoms with Crippen LogP contribution in [0, 0.1) is 0 Å². The highest BCUT2D eigenvalue weighted by atomic mass is 32.1. The standard InChI is InChI=1S/C20H27N3S/c1-4-23(16-18-10-12-19(13-11-18)22(2)3)20(24)21-15-14-17-8-6-5-7-9-17/h5-13H,4,14-16H2,1-3H3,(H,21,24). The van der Waals surface area contributed by atoms with Gasteiger partial charge in [-0.2, -0.15) is 0 Å². The molecule has 0 aliphatic rings. The van der Waals surface area contributed by atoms with Crippen molar-refractivity contribution in [2.24, 2.45) is 0 Å². The van der Waals surface area contributed by atoms with E-state index < -0.39 is 0 Å². The molecule has 128 valence electrons. The molecule has 0 unspecified atom stereocenters.